The van der Waals surface area contributed by atoms with Crippen molar-refractivity contribution in [3.63, 3.8) is 0 Å². The van der Waals surface area contributed by atoms with Crippen molar-refractivity contribution in [2.45, 2.75) is 32.2 Å². The summed E-state index contributed by atoms with van der Waals surface area (Å²) in [7, 11) is 0.971. The molecule has 2 bridgehead atoms. The molecule has 1 aromatic heterocycles. The quantitative estimate of drug-likeness (QED) is 0.391. The maximum Gasteiger partial charge on any atom is 0.260 e. The van der Waals surface area contributed by atoms with Crippen LogP contribution < -0.4 is 29.2 Å². The molecule has 13 nitrogen and oxygen atoms in total. The van der Waals surface area contributed by atoms with Gasteiger partial charge in [0.2, 0.25) is 21.7 Å². The molecule has 1 unspecified atom stereocenters. The third-order valence-electron chi connectivity index (χ3n) is 8.85. The van der Waals surface area contributed by atoms with E-state index < -0.39 is 15.8 Å². The van der Waals surface area contributed by atoms with Crippen LogP contribution in [-0.4, -0.2) is 108 Å². The predicted molar refractivity (Wildman–Crippen MR) is 182 cm³/mol. The Bertz CT molecular complexity index is 1760. The van der Waals surface area contributed by atoms with Crippen molar-refractivity contribution in [2.75, 3.05) is 78.4 Å². The summed E-state index contributed by atoms with van der Waals surface area (Å²) in [5.41, 5.74) is 1.39. The molecule has 0 spiro atoms. The lowest BCUT2D eigenvalue weighted by atomic mass is 9.97. The number of hydrogen-bond acceptors (Lipinski definition) is 10. The molecular formula is C34H44FN5O8S. The second-order valence-corrected chi connectivity index (χ2v) is 14.3. The highest BCUT2D eigenvalue weighted by Crippen LogP contribution is 2.44. The van der Waals surface area contributed by atoms with Gasteiger partial charge in [0.15, 0.2) is 18.1 Å². The second-order valence-electron chi connectivity index (χ2n) is 12.3. The molecule has 49 heavy (non-hydrogen) atoms. The normalized spacial score (nSPS) is 18.4. The maximum atomic E-state index is 13.8. The minimum Gasteiger partial charge on any atom is -0.493 e. The van der Waals surface area contributed by atoms with E-state index in [1.807, 2.05) is 6.07 Å². The van der Waals surface area contributed by atoms with Crippen LogP contribution in [-0.2, 0) is 26.2 Å². The van der Waals surface area contributed by atoms with Crippen molar-refractivity contribution in [1.82, 2.24) is 19.5 Å². The smallest absolute Gasteiger partial charge is 0.260 e. The van der Waals surface area contributed by atoms with Crippen LogP contribution in [0.4, 0.5) is 10.2 Å². The fourth-order valence-electron chi connectivity index (χ4n) is 6.33. The molecule has 1 atom stereocenters. The third kappa shape index (κ3) is 8.81. The Balaban J connectivity index is 1.56. The largest absolute Gasteiger partial charge is 0.493 e. The summed E-state index contributed by atoms with van der Waals surface area (Å²) in [4.78, 5) is 35.7. The van der Waals surface area contributed by atoms with Crippen LogP contribution in [0.5, 0.6) is 23.0 Å². The molecule has 3 aromatic rings. The van der Waals surface area contributed by atoms with E-state index >= 15 is 0 Å². The van der Waals surface area contributed by atoms with Gasteiger partial charge in [-0.3, -0.25) is 9.59 Å². The monoisotopic (exact) mass is 701 g/mol. The average Bonchev–Trinajstić information content (AvgIpc) is 3.09. The van der Waals surface area contributed by atoms with E-state index in [9.17, 15) is 22.4 Å². The van der Waals surface area contributed by atoms with Crippen LogP contribution in [0.1, 0.15) is 31.2 Å². The number of rotatable bonds is 7. The minimum absolute atomic E-state index is 0.0874. The first-order valence-corrected chi connectivity index (χ1v) is 18.1. The number of methoxy groups -OCH3 is 3. The highest BCUT2D eigenvalue weighted by Gasteiger charge is 2.28. The van der Waals surface area contributed by atoms with Gasteiger partial charge in [-0.05, 0) is 61.9 Å². The lowest BCUT2D eigenvalue weighted by molar-refractivity contribution is -0.134. The van der Waals surface area contributed by atoms with Gasteiger partial charge in [-0.2, -0.15) is 4.31 Å². The number of carbonyl (C=O) groups is 2. The highest BCUT2D eigenvalue weighted by molar-refractivity contribution is 7.88. The summed E-state index contributed by atoms with van der Waals surface area (Å²) in [5.74, 6) is 1.37. The van der Waals surface area contributed by atoms with Gasteiger partial charge in [-0.15, -0.1) is 0 Å². The van der Waals surface area contributed by atoms with Gasteiger partial charge in [0.05, 0.1) is 39.6 Å². The van der Waals surface area contributed by atoms with Crippen molar-refractivity contribution < 1.29 is 41.3 Å². The standard InChI is InChI=1S/C34H44FN5O8S/c1-45-29-17-28-27(32(46-2)33(29)47-3)16-24-20-38(31(42)22-48-26-11-9-25(35)10-12-26)13-5-6-15-40(49(4,43)44)21-30(41)36-18-23-8-7-14-39(19-23)34(24)37-28/h9-12,16-17,23H,5-8,13-15,18-22H2,1-4H3,(H,36,41). The lowest BCUT2D eigenvalue weighted by Gasteiger charge is -2.36. The molecule has 2 aliphatic heterocycles. The number of piperidine rings is 1. The third-order valence-corrected chi connectivity index (χ3v) is 10.1. The summed E-state index contributed by atoms with van der Waals surface area (Å²) in [6.07, 6.45) is 3.67. The lowest BCUT2D eigenvalue weighted by Crippen LogP contribution is -2.45. The zero-order chi connectivity index (χ0) is 35.1. The van der Waals surface area contributed by atoms with Crippen LogP contribution >= 0.6 is 0 Å². The Labute approximate surface area is 286 Å². The Morgan fingerprint density at radius 1 is 0.980 bits per heavy atom. The number of ether oxygens (including phenoxy) is 4. The van der Waals surface area contributed by atoms with Crippen molar-refractivity contribution in [3.05, 3.63) is 47.8 Å². The van der Waals surface area contributed by atoms with E-state index in [1.54, 1.807) is 25.2 Å². The van der Waals surface area contributed by atoms with E-state index in [2.05, 4.69) is 10.2 Å². The van der Waals surface area contributed by atoms with Gasteiger partial charge in [-0.25, -0.2) is 17.8 Å². The molecule has 1 fully saturated rings. The van der Waals surface area contributed by atoms with Gasteiger partial charge in [0.1, 0.15) is 17.4 Å². The number of amides is 2. The summed E-state index contributed by atoms with van der Waals surface area (Å²) in [6, 6.07) is 9.19. The Kier molecular flexibility index (Phi) is 11.7. The molecule has 2 aliphatic rings. The molecule has 1 saturated heterocycles. The number of nitrogens with one attached hydrogen (secondary N) is 1. The maximum absolute atomic E-state index is 13.8. The molecule has 0 aliphatic carbocycles. The molecule has 1 N–H and O–H groups in total. The zero-order valence-electron chi connectivity index (χ0n) is 28.4. The number of pyridine rings is 1. The van der Waals surface area contributed by atoms with Gasteiger partial charge < -0.3 is 34.1 Å². The summed E-state index contributed by atoms with van der Waals surface area (Å²) >= 11 is 0. The van der Waals surface area contributed by atoms with Crippen molar-refractivity contribution in [2.24, 2.45) is 5.92 Å². The highest BCUT2D eigenvalue weighted by atomic mass is 32.2. The number of aromatic nitrogens is 1. The molecule has 0 saturated carbocycles. The number of benzene rings is 2. The van der Waals surface area contributed by atoms with Gasteiger partial charge >= 0.3 is 0 Å². The number of carbonyl (C=O) groups excluding carboxylic acids is 2. The van der Waals surface area contributed by atoms with E-state index in [4.69, 9.17) is 23.9 Å². The molecule has 2 amide bonds. The first-order valence-electron chi connectivity index (χ1n) is 16.3. The fourth-order valence-corrected chi connectivity index (χ4v) is 7.14. The predicted octanol–water partition coefficient (Wildman–Crippen LogP) is 3.20. The molecule has 0 radical (unpaired) electrons. The first kappa shape index (κ1) is 35.9. The number of hydrogen-bond donors (Lipinski definition) is 1. The van der Waals surface area contributed by atoms with Crippen molar-refractivity contribution >= 4 is 38.6 Å². The summed E-state index contributed by atoms with van der Waals surface area (Å²) < 4.78 is 62.5. The fraction of sp³-hybridized carbons (Fsp3) is 0.500. The van der Waals surface area contributed by atoms with E-state index in [1.165, 1.54) is 35.7 Å². The number of fused-ring (bicyclic) bond motifs is 5. The van der Waals surface area contributed by atoms with Crippen molar-refractivity contribution in [3.8, 4) is 23.0 Å². The van der Waals surface area contributed by atoms with E-state index in [0.717, 1.165) is 24.7 Å². The second kappa shape index (κ2) is 15.9. The van der Waals surface area contributed by atoms with Gasteiger partial charge in [-0.1, -0.05) is 0 Å². The minimum atomic E-state index is -3.65. The number of sulfonamides is 1. The summed E-state index contributed by atoms with van der Waals surface area (Å²) in [6.45, 7) is 1.70. The van der Waals surface area contributed by atoms with Crippen molar-refractivity contribution in [1.29, 1.82) is 0 Å². The average molecular weight is 702 g/mol. The van der Waals surface area contributed by atoms with Crippen LogP contribution in [0, 0.1) is 11.7 Å². The molecule has 15 heteroatoms. The van der Waals surface area contributed by atoms with Crippen LogP contribution in [0.25, 0.3) is 10.9 Å². The molecule has 2 aromatic carbocycles. The molecular weight excluding hydrogens is 657 g/mol. The SMILES string of the molecule is COc1cc2nc3c(cc2c(OC)c1OC)CN(C(=O)COc1ccc(F)cc1)CCCCN(S(C)(=O)=O)CC(=O)NCC1CCCN3C1. The summed E-state index contributed by atoms with van der Waals surface area (Å²) in [5, 5.41) is 3.62. The van der Waals surface area contributed by atoms with Gasteiger partial charge in [0, 0.05) is 56.3 Å². The Morgan fingerprint density at radius 2 is 1.71 bits per heavy atom. The number of nitrogens with zero attached hydrogens (tertiary/aromatic N) is 4. The van der Waals surface area contributed by atoms with Crippen LogP contribution in [0.3, 0.4) is 0 Å². The number of anilines is 1. The zero-order valence-corrected chi connectivity index (χ0v) is 29.2. The van der Waals surface area contributed by atoms with Gasteiger partial charge in [0.25, 0.3) is 5.91 Å². The molecule has 3 heterocycles. The Morgan fingerprint density at radius 3 is 2.41 bits per heavy atom. The molecule has 266 valence electrons. The van der Waals surface area contributed by atoms with Crippen LogP contribution in [0.15, 0.2) is 36.4 Å². The van der Waals surface area contributed by atoms with E-state index in [0.29, 0.717) is 72.2 Å². The topological polar surface area (TPSA) is 140 Å². The van der Waals surface area contributed by atoms with Crippen LogP contribution in [0.2, 0.25) is 0 Å². The Hall–Kier alpha value is -4.37. The first-order chi connectivity index (χ1) is 23.5. The van der Waals surface area contributed by atoms with E-state index in [-0.39, 0.29) is 50.5 Å². The number of halogens is 1. The molecule has 5 rings (SSSR count).